The van der Waals surface area contributed by atoms with Gasteiger partial charge in [0.2, 0.25) is 0 Å². The predicted molar refractivity (Wildman–Crippen MR) is 227 cm³/mol. The Morgan fingerprint density at radius 2 is 1.61 bits per heavy atom. The minimum atomic E-state index is -1.17. The largest absolute Gasteiger partial charge is 0.481 e. The number of allylic oxidation sites excluding steroid dienone is 1. The summed E-state index contributed by atoms with van der Waals surface area (Å²) in [5.74, 6) is -0.0237. The molecule has 1 aromatic carbocycles. The molecule has 3 unspecified atom stereocenters. The molecule has 0 bridgehead atoms. The van der Waals surface area contributed by atoms with Gasteiger partial charge in [-0.1, -0.05) is 83.8 Å². The lowest BCUT2D eigenvalue weighted by atomic mass is 9.33. The van der Waals surface area contributed by atoms with Crippen molar-refractivity contribution in [2.75, 3.05) is 33.7 Å². The summed E-state index contributed by atoms with van der Waals surface area (Å²) in [5, 5.41) is 23.1. The maximum Gasteiger partial charge on any atom is 0.309 e. The number of ether oxygens (including phenoxy) is 1. The summed E-state index contributed by atoms with van der Waals surface area (Å²) in [6, 6.07) is 7.98. The van der Waals surface area contributed by atoms with Gasteiger partial charge in [-0.3, -0.25) is 19.3 Å². The first-order chi connectivity index (χ1) is 26.4. The highest BCUT2D eigenvalue weighted by Crippen LogP contribution is 2.77. The average molecular weight is 810 g/mol. The van der Waals surface area contributed by atoms with Crippen LogP contribution in [0.4, 0.5) is 0 Å². The Hall–Kier alpha value is -2.26. The fraction of sp³-hybridized carbons (Fsp3) is 0.771. The number of aliphatic carboxylic acids is 1. The number of aliphatic hydroxyl groups excluding tert-OH is 1. The molecular weight excluding hydrogens is 736 g/mol. The van der Waals surface area contributed by atoms with E-state index in [4.69, 9.17) is 16.3 Å². The van der Waals surface area contributed by atoms with Crippen LogP contribution in [0.1, 0.15) is 132 Å². The molecule has 5 aliphatic rings. The number of Topliss-reactive ketones (excluding diaryl/α,β-unsaturated/α-hetero) is 1. The third kappa shape index (κ3) is 7.47. The second kappa shape index (κ2) is 15.6. The minimum Gasteiger partial charge on any atom is -0.481 e. The Balaban J connectivity index is 1.29. The van der Waals surface area contributed by atoms with Crippen LogP contribution < -0.4 is 0 Å². The SMILES string of the molecule is CC(C)C1=C2[C@H]3CC[C@@H]4C5(C)CC[C@H](OC(=O)CC(C)(C)C(=O)O)C(C)(C)[C@@H]5CCC4(C)[C@]3(C)CC[C@@]2(C(O)CN(CCN(C)C)Cc2ccccc2Cl)CC1=O. The predicted octanol–water partition coefficient (Wildman–Crippen LogP) is 9.46. The molecule has 2 N–H and O–H groups in total. The summed E-state index contributed by atoms with van der Waals surface area (Å²) >= 11 is 6.67. The van der Waals surface area contributed by atoms with Gasteiger partial charge in [-0.2, -0.15) is 0 Å². The van der Waals surface area contributed by atoms with E-state index < -0.39 is 28.9 Å². The molecule has 0 radical (unpaired) electrons. The quantitative estimate of drug-likeness (QED) is 0.190. The number of fused-ring (bicyclic) bond motifs is 7. The number of carbonyl (C=O) groups is 3. The van der Waals surface area contributed by atoms with Crippen LogP contribution in [0.15, 0.2) is 35.4 Å². The van der Waals surface area contributed by atoms with Crippen LogP contribution >= 0.6 is 11.6 Å². The summed E-state index contributed by atoms with van der Waals surface area (Å²) < 4.78 is 6.20. The molecule has 9 heteroatoms. The van der Waals surface area contributed by atoms with Gasteiger partial charge in [-0.15, -0.1) is 0 Å². The monoisotopic (exact) mass is 809 g/mol. The normalized spacial score (nSPS) is 35.5. The molecule has 0 heterocycles. The summed E-state index contributed by atoms with van der Waals surface area (Å²) in [7, 11) is 4.15. The smallest absolute Gasteiger partial charge is 0.309 e. The van der Waals surface area contributed by atoms with E-state index in [1.165, 1.54) is 5.57 Å². The second-order valence-corrected chi connectivity index (χ2v) is 22.1. The molecule has 6 rings (SSSR count). The van der Waals surface area contributed by atoms with Gasteiger partial charge in [-0.05, 0) is 136 Å². The summed E-state index contributed by atoms with van der Waals surface area (Å²) in [5.41, 5.74) is 1.39. The van der Waals surface area contributed by atoms with Gasteiger partial charge < -0.3 is 19.8 Å². The molecule has 8 nitrogen and oxygen atoms in total. The Morgan fingerprint density at radius 3 is 2.25 bits per heavy atom. The molecule has 0 amide bonds. The molecule has 0 aliphatic heterocycles. The number of aliphatic hydroxyl groups is 1. The van der Waals surface area contributed by atoms with Crippen LogP contribution in [-0.2, 0) is 25.7 Å². The summed E-state index contributed by atoms with van der Waals surface area (Å²) in [6.45, 7) is 22.5. The van der Waals surface area contributed by atoms with Crippen LogP contribution in [0.25, 0.3) is 0 Å². The van der Waals surface area contributed by atoms with Gasteiger partial charge in [0.05, 0.1) is 17.9 Å². The Morgan fingerprint density at radius 1 is 0.930 bits per heavy atom. The first kappa shape index (κ1) is 44.3. The Bertz CT molecular complexity index is 1750. The van der Waals surface area contributed by atoms with Crippen LogP contribution in [0.2, 0.25) is 5.02 Å². The molecular formula is C48H73ClN2O6. The highest BCUT2D eigenvalue weighted by Gasteiger charge is 2.71. The van der Waals surface area contributed by atoms with Gasteiger partial charge >= 0.3 is 11.9 Å². The molecule has 4 fully saturated rings. The Kier molecular flexibility index (Phi) is 12.2. The molecule has 0 aromatic heterocycles. The molecule has 57 heavy (non-hydrogen) atoms. The lowest BCUT2D eigenvalue weighted by Crippen LogP contribution is -2.66. The standard InChI is InChI=1S/C48H73ClN2O6/c1-30(2)40-34(52)26-48(37(53)29-51(25-24-50(10)11)28-31-14-12-13-15-33(31)49)23-22-46(8)32(41(40)48)16-17-36-45(7)20-19-38(57-39(54)27-43(3,4)42(55)56)44(5,6)35(45)18-21-47(36,46)9/h12-15,30,32,35-38,53H,16-29H2,1-11H3,(H,55,56)/t32-,35+,36-,37?,38+,45?,46-,47?,48+/m1/s1. The number of hydrogen-bond acceptors (Lipinski definition) is 7. The fourth-order valence-corrected chi connectivity index (χ4v) is 14.0. The zero-order valence-electron chi connectivity index (χ0n) is 37.0. The van der Waals surface area contributed by atoms with E-state index in [-0.39, 0.29) is 51.8 Å². The topological polar surface area (TPSA) is 107 Å². The first-order valence-corrected chi connectivity index (χ1v) is 22.3. The zero-order valence-corrected chi connectivity index (χ0v) is 37.7. The van der Waals surface area contributed by atoms with E-state index in [1.807, 2.05) is 18.2 Å². The van der Waals surface area contributed by atoms with Crippen LogP contribution in [-0.4, -0.2) is 83.7 Å². The van der Waals surface area contributed by atoms with E-state index in [9.17, 15) is 24.6 Å². The van der Waals surface area contributed by atoms with E-state index in [0.29, 0.717) is 31.3 Å². The number of carboxylic acid groups (broad SMARTS) is 1. The number of esters is 1. The number of hydrogen-bond donors (Lipinski definition) is 2. The van der Waals surface area contributed by atoms with Gasteiger partial charge in [0.1, 0.15) is 6.10 Å². The first-order valence-electron chi connectivity index (χ1n) is 21.9. The van der Waals surface area contributed by atoms with Crippen molar-refractivity contribution < 1.29 is 29.3 Å². The minimum absolute atomic E-state index is 0.0336. The number of ketones is 1. The summed E-state index contributed by atoms with van der Waals surface area (Å²) in [6.07, 6.45) is 7.07. The molecule has 1 aromatic rings. The lowest BCUT2D eigenvalue weighted by Gasteiger charge is -2.72. The van der Waals surface area contributed by atoms with Crippen LogP contribution in [0, 0.1) is 56.2 Å². The Labute approximate surface area is 348 Å². The number of nitrogens with zero attached hydrogens (tertiary/aromatic N) is 2. The maximum atomic E-state index is 14.3. The van der Waals surface area contributed by atoms with Gasteiger partial charge in [0.25, 0.3) is 0 Å². The van der Waals surface area contributed by atoms with Crippen LogP contribution in [0.5, 0.6) is 0 Å². The average Bonchev–Trinajstić information content (AvgIpc) is 3.42. The highest BCUT2D eigenvalue weighted by molar-refractivity contribution is 6.31. The van der Waals surface area contributed by atoms with E-state index in [0.717, 1.165) is 80.6 Å². The number of rotatable bonds is 13. The molecule has 318 valence electrons. The summed E-state index contributed by atoms with van der Waals surface area (Å²) in [4.78, 5) is 43.8. The van der Waals surface area contributed by atoms with Crippen molar-refractivity contribution in [2.24, 2.45) is 56.2 Å². The zero-order chi connectivity index (χ0) is 42.1. The van der Waals surface area contributed by atoms with E-state index in [1.54, 1.807) is 13.8 Å². The van der Waals surface area contributed by atoms with Crippen molar-refractivity contribution in [3.05, 3.63) is 46.0 Å². The number of carboxylic acids is 1. The van der Waals surface area contributed by atoms with Crippen molar-refractivity contribution in [2.45, 2.75) is 145 Å². The maximum absolute atomic E-state index is 14.3. The van der Waals surface area contributed by atoms with Crippen LogP contribution in [0.3, 0.4) is 0 Å². The van der Waals surface area contributed by atoms with E-state index >= 15 is 0 Å². The number of halogens is 1. The van der Waals surface area contributed by atoms with Crippen molar-refractivity contribution in [1.29, 1.82) is 0 Å². The molecule has 4 saturated carbocycles. The number of carbonyl (C=O) groups excluding carboxylic acids is 2. The third-order valence-electron chi connectivity index (χ3n) is 17.1. The fourth-order valence-electron chi connectivity index (χ4n) is 13.8. The van der Waals surface area contributed by atoms with Crippen molar-refractivity contribution >= 4 is 29.3 Å². The lowest BCUT2D eigenvalue weighted by molar-refractivity contribution is -0.235. The van der Waals surface area contributed by atoms with Gasteiger partial charge in [0, 0.05) is 48.5 Å². The number of benzene rings is 1. The van der Waals surface area contributed by atoms with Crippen molar-refractivity contribution in [3.63, 3.8) is 0 Å². The third-order valence-corrected chi connectivity index (χ3v) is 17.5. The molecule has 9 atom stereocenters. The van der Waals surface area contributed by atoms with Gasteiger partial charge in [-0.25, -0.2) is 0 Å². The highest BCUT2D eigenvalue weighted by atomic mass is 35.5. The van der Waals surface area contributed by atoms with Crippen molar-refractivity contribution in [3.8, 4) is 0 Å². The van der Waals surface area contributed by atoms with E-state index in [2.05, 4.69) is 78.4 Å². The number of likely N-dealkylation sites (N-methyl/N-ethyl adjacent to an activating group) is 1. The second-order valence-electron chi connectivity index (χ2n) is 21.7. The van der Waals surface area contributed by atoms with Crippen molar-refractivity contribution in [1.82, 2.24) is 9.80 Å². The molecule has 0 saturated heterocycles. The molecule has 0 spiro atoms. The van der Waals surface area contributed by atoms with Gasteiger partial charge in [0.15, 0.2) is 5.78 Å². The molecule has 5 aliphatic carbocycles.